The number of rotatable bonds is 8. The molecule has 29 heavy (non-hydrogen) atoms. The topological polar surface area (TPSA) is 79.5 Å². The molecule has 1 saturated heterocycles. The highest BCUT2D eigenvalue weighted by Gasteiger charge is 2.27. The van der Waals surface area contributed by atoms with Crippen molar-refractivity contribution >= 4 is 17.5 Å². The van der Waals surface area contributed by atoms with Gasteiger partial charge in [-0.15, -0.1) is 0 Å². The number of anilines is 1. The lowest BCUT2D eigenvalue weighted by Gasteiger charge is -2.25. The third-order valence-corrected chi connectivity index (χ3v) is 5.06. The van der Waals surface area contributed by atoms with Gasteiger partial charge in [-0.3, -0.25) is 9.59 Å². The number of ether oxygens (including phenoxy) is 1. The lowest BCUT2D eigenvalue weighted by Crippen LogP contribution is -2.48. The molecule has 2 aromatic rings. The van der Waals surface area contributed by atoms with Gasteiger partial charge in [-0.25, -0.2) is 0 Å². The van der Waals surface area contributed by atoms with E-state index in [1.807, 2.05) is 49.4 Å². The molecule has 0 saturated carbocycles. The molecule has 0 bridgehead atoms. The number of nitrogens with one attached hydrogen (secondary N) is 3. The first-order valence-electron chi connectivity index (χ1n) is 10.2. The smallest absolute Gasteiger partial charge is 0.247 e. The number of piperidine rings is 1. The van der Waals surface area contributed by atoms with Crippen LogP contribution in [0.5, 0.6) is 5.75 Å². The van der Waals surface area contributed by atoms with Gasteiger partial charge in [-0.2, -0.15) is 0 Å². The van der Waals surface area contributed by atoms with Gasteiger partial charge in [0.1, 0.15) is 11.8 Å². The number of benzene rings is 2. The summed E-state index contributed by atoms with van der Waals surface area (Å²) in [5, 5.41) is 9.16. The van der Waals surface area contributed by atoms with Crippen LogP contribution in [0.15, 0.2) is 54.6 Å². The molecule has 0 aromatic heterocycles. The van der Waals surface area contributed by atoms with E-state index in [2.05, 4.69) is 16.0 Å². The van der Waals surface area contributed by atoms with E-state index in [0.29, 0.717) is 18.7 Å². The molecule has 3 rings (SSSR count). The second kappa shape index (κ2) is 10.6. The zero-order valence-electron chi connectivity index (χ0n) is 16.8. The molecule has 154 valence electrons. The minimum atomic E-state index is -0.633. The minimum Gasteiger partial charge on any atom is -0.494 e. The van der Waals surface area contributed by atoms with Crippen LogP contribution in [-0.2, 0) is 16.0 Å². The van der Waals surface area contributed by atoms with Crippen molar-refractivity contribution in [2.75, 3.05) is 25.0 Å². The summed E-state index contributed by atoms with van der Waals surface area (Å²) in [5.74, 6) is 0.438. The van der Waals surface area contributed by atoms with Crippen molar-refractivity contribution in [1.82, 2.24) is 10.6 Å². The molecule has 6 nitrogen and oxygen atoms in total. The van der Waals surface area contributed by atoms with Crippen LogP contribution in [0.25, 0.3) is 0 Å². The standard InChI is InChI=1S/C23H29N3O3/c1-2-29-20-10-8-19(9-11-20)25-23(28)21(16-17-6-4-3-5-7-17)26-22(27)18-12-14-24-15-13-18/h3-11,18,21,24H,2,12-16H2,1H3,(H,25,28)(H,26,27)/t21-/m1/s1. The van der Waals surface area contributed by atoms with E-state index in [9.17, 15) is 9.59 Å². The lowest BCUT2D eigenvalue weighted by atomic mass is 9.96. The molecular formula is C23H29N3O3. The predicted octanol–water partition coefficient (Wildman–Crippen LogP) is 2.75. The van der Waals surface area contributed by atoms with Crippen molar-refractivity contribution in [3.63, 3.8) is 0 Å². The molecule has 2 amide bonds. The molecule has 0 spiro atoms. The maximum absolute atomic E-state index is 13.0. The van der Waals surface area contributed by atoms with Gasteiger partial charge < -0.3 is 20.7 Å². The molecule has 1 aliphatic heterocycles. The van der Waals surface area contributed by atoms with Crippen LogP contribution >= 0.6 is 0 Å². The van der Waals surface area contributed by atoms with E-state index in [4.69, 9.17) is 4.74 Å². The number of carbonyl (C=O) groups is 2. The molecule has 3 N–H and O–H groups in total. The summed E-state index contributed by atoms with van der Waals surface area (Å²) < 4.78 is 5.44. The fourth-order valence-corrected chi connectivity index (χ4v) is 3.46. The van der Waals surface area contributed by atoms with E-state index < -0.39 is 6.04 Å². The zero-order valence-corrected chi connectivity index (χ0v) is 16.8. The number of hydrogen-bond acceptors (Lipinski definition) is 4. The molecule has 1 heterocycles. The Hall–Kier alpha value is -2.86. The minimum absolute atomic E-state index is 0.0470. The quantitative estimate of drug-likeness (QED) is 0.642. The number of amides is 2. The Morgan fingerprint density at radius 2 is 1.76 bits per heavy atom. The molecule has 1 atom stereocenters. The Morgan fingerprint density at radius 3 is 2.41 bits per heavy atom. The van der Waals surface area contributed by atoms with Crippen LogP contribution in [0, 0.1) is 5.92 Å². The fourth-order valence-electron chi connectivity index (χ4n) is 3.46. The van der Waals surface area contributed by atoms with Crippen LogP contribution < -0.4 is 20.7 Å². The van der Waals surface area contributed by atoms with Crippen LogP contribution in [-0.4, -0.2) is 37.6 Å². The molecule has 0 unspecified atom stereocenters. The van der Waals surface area contributed by atoms with Crippen LogP contribution in [0.1, 0.15) is 25.3 Å². The first-order valence-corrected chi connectivity index (χ1v) is 10.2. The van der Waals surface area contributed by atoms with E-state index in [0.717, 1.165) is 37.2 Å². The normalized spacial score (nSPS) is 15.3. The molecular weight excluding hydrogens is 366 g/mol. The van der Waals surface area contributed by atoms with Gasteiger partial charge >= 0.3 is 0 Å². The highest BCUT2D eigenvalue weighted by atomic mass is 16.5. The van der Waals surface area contributed by atoms with E-state index in [1.165, 1.54) is 0 Å². The van der Waals surface area contributed by atoms with Crippen molar-refractivity contribution in [1.29, 1.82) is 0 Å². The van der Waals surface area contributed by atoms with E-state index in [1.54, 1.807) is 12.1 Å². The number of hydrogen-bond donors (Lipinski definition) is 3. The summed E-state index contributed by atoms with van der Waals surface area (Å²) in [4.78, 5) is 25.7. The molecule has 0 radical (unpaired) electrons. The summed E-state index contributed by atoms with van der Waals surface area (Å²) in [6.07, 6.45) is 2.04. The molecule has 0 aliphatic carbocycles. The largest absolute Gasteiger partial charge is 0.494 e. The van der Waals surface area contributed by atoms with E-state index in [-0.39, 0.29) is 17.7 Å². The van der Waals surface area contributed by atoms with Crippen molar-refractivity contribution in [3.05, 3.63) is 60.2 Å². The summed E-state index contributed by atoms with van der Waals surface area (Å²) >= 11 is 0. The number of carbonyl (C=O) groups excluding carboxylic acids is 2. The molecule has 2 aromatic carbocycles. The first-order chi connectivity index (χ1) is 14.2. The summed E-state index contributed by atoms with van der Waals surface area (Å²) in [6, 6.07) is 16.3. The molecule has 6 heteroatoms. The van der Waals surface area contributed by atoms with Crippen molar-refractivity contribution in [2.24, 2.45) is 5.92 Å². The fraction of sp³-hybridized carbons (Fsp3) is 0.391. The van der Waals surface area contributed by atoms with Crippen LogP contribution in [0.2, 0.25) is 0 Å². The lowest BCUT2D eigenvalue weighted by molar-refractivity contribution is -0.129. The SMILES string of the molecule is CCOc1ccc(NC(=O)[C@@H](Cc2ccccc2)NC(=O)C2CCNCC2)cc1. The van der Waals surface area contributed by atoms with Gasteiger partial charge in [0.05, 0.1) is 6.61 Å². The third kappa shape index (κ3) is 6.32. The van der Waals surface area contributed by atoms with Crippen LogP contribution in [0.4, 0.5) is 5.69 Å². The molecule has 1 fully saturated rings. The average Bonchev–Trinajstić information content (AvgIpc) is 2.76. The highest BCUT2D eigenvalue weighted by Crippen LogP contribution is 2.17. The van der Waals surface area contributed by atoms with Gasteiger partial charge in [0, 0.05) is 18.0 Å². The monoisotopic (exact) mass is 395 g/mol. The second-order valence-corrected chi connectivity index (χ2v) is 7.22. The zero-order chi connectivity index (χ0) is 20.5. The van der Waals surface area contributed by atoms with Crippen LogP contribution in [0.3, 0.4) is 0 Å². The summed E-state index contributed by atoms with van der Waals surface area (Å²) in [7, 11) is 0. The Kier molecular flexibility index (Phi) is 7.64. The van der Waals surface area contributed by atoms with Gasteiger partial charge in [0.15, 0.2) is 0 Å². The average molecular weight is 396 g/mol. The third-order valence-electron chi connectivity index (χ3n) is 5.06. The summed E-state index contributed by atoms with van der Waals surface area (Å²) in [5.41, 5.74) is 1.68. The van der Waals surface area contributed by atoms with Gasteiger partial charge in [-0.05, 0) is 62.7 Å². The molecule has 1 aliphatic rings. The maximum atomic E-state index is 13.0. The second-order valence-electron chi connectivity index (χ2n) is 7.22. The Labute approximate surface area is 172 Å². The summed E-state index contributed by atoms with van der Waals surface area (Å²) in [6.45, 7) is 4.18. The van der Waals surface area contributed by atoms with Gasteiger partial charge in [0.2, 0.25) is 11.8 Å². The van der Waals surface area contributed by atoms with Gasteiger partial charge in [0.25, 0.3) is 0 Å². The van der Waals surface area contributed by atoms with Gasteiger partial charge in [-0.1, -0.05) is 30.3 Å². The van der Waals surface area contributed by atoms with Crippen molar-refractivity contribution < 1.29 is 14.3 Å². The Bertz CT molecular complexity index is 787. The Morgan fingerprint density at radius 1 is 1.07 bits per heavy atom. The van der Waals surface area contributed by atoms with Crippen molar-refractivity contribution in [3.8, 4) is 5.75 Å². The van der Waals surface area contributed by atoms with Crippen molar-refractivity contribution in [2.45, 2.75) is 32.2 Å². The van der Waals surface area contributed by atoms with E-state index >= 15 is 0 Å². The highest BCUT2D eigenvalue weighted by molar-refractivity contribution is 5.97. The first kappa shape index (κ1) is 20.9. The maximum Gasteiger partial charge on any atom is 0.247 e. The Balaban J connectivity index is 1.68. The predicted molar refractivity (Wildman–Crippen MR) is 114 cm³/mol.